The molecule has 98 valence electrons. The molecule has 0 aliphatic rings. The average molecular weight is 291 g/mol. The standard InChI is InChI=1S/C16H15ClOS/c1-12-8-10-15(11-9-12)19(18)16(17)13(2)14-6-4-3-5-7-14/h3-11H,1-2H3/b16-13+/t19-/m1/s1. The van der Waals surface area contributed by atoms with E-state index < -0.39 is 10.8 Å². The number of rotatable bonds is 3. The van der Waals surface area contributed by atoms with Gasteiger partial charge in [0.15, 0.2) is 0 Å². The molecule has 0 radical (unpaired) electrons. The number of hydrogen-bond donors (Lipinski definition) is 0. The SMILES string of the molecule is C/C(=C(/Cl)[S@](=O)c1ccc(C)cc1)c1ccccc1. The van der Waals surface area contributed by atoms with E-state index in [-0.39, 0.29) is 0 Å². The summed E-state index contributed by atoms with van der Waals surface area (Å²) in [6.45, 7) is 3.89. The molecular weight excluding hydrogens is 276 g/mol. The predicted octanol–water partition coefficient (Wildman–Crippen LogP) is 4.73. The average Bonchev–Trinajstić information content (AvgIpc) is 2.46. The van der Waals surface area contributed by atoms with E-state index in [1.54, 1.807) is 0 Å². The number of aryl methyl sites for hydroxylation is 1. The second-order valence-corrected chi connectivity index (χ2v) is 6.37. The summed E-state index contributed by atoms with van der Waals surface area (Å²) in [6, 6.07) is 17.3. The molecule has 3 heteroatoms. The van der Waals surface area contributed by atoms with Gasteiger partial charge in [-0.2, -0.15) is 0 Å². The Morgan fingerprint density at radius 1 is 1.00 bits per heavy atom. The fourth-order valence-corrected chi connectivity index (χ4v) is 3.07. The van der Waals surface area contributed by atoms with Crippen molar-refractivity contribution in [3.63, 3.8) is 0 Å². The fraction of sp³-hybridized carbons (Fsp3) is 0.125. The van der Waals surface area contributed by atoms with Crippen LogP contribution in [0.4, 0.5) is 0 Å². The summed E-state index contributed by atoms with van der Waals surface area (Å²) in [6.07, 6.45) is 0. The van der Waals surface area contributed by atoms with Crippen LogP contribution in [0.5, 0.6) is 0 Å². The van der Waals surface area contributed by atoms with Gasteiger partial charge in [-0.1, -0.05) is 59.6 Å². The Morgan fingerprint density at radius 2 is 1.58 bits per heavy atom. The van der Waals surface area contributed by atoms with Crippen LogP contribution in [0.2, 0.25) is 0 Å². The van der Waals surface area contributed by atoms with Gasteiger partial charge < -0.3 is 0 Å². The molecule has 1 atom stereocenters. The first kappa shape index (κ1) is 14.0. The molecule has 0 saturated carbocycles. The highest BCUT2D eigenvalue weighted by Gasteiger charge is 2.12. The Hall–Kier alpha value is -1.38. The molecule has 2 rings (SSSR count). The van der Waals surface area contributed by atoms with Crippen molar-refractivity contribution in [2.24, 2.45) is 0 Å². The summed E-state index contributed by atoms with van der Waals surface area (Å²) in [5.74, 6) is 0. The molecule has 0 N–H and O–H groups in total. The zero-order chi connectivity index (χ0) is 13.8. The molecule has 2 aromatic rings. The van der Waals surface area contributed by atoms with Crippen LogP contribution in [-0.4, -0.2) is 4.21 Å². The molecule has 0 saturated heterocycles. The van der Waals surface area contributed by atoms with E-state index in [1.165, 1.54) is 0 Å². The van der Waals surface area contributed by atoms with Gasteiger partial charge in [0.2, 0.25) is 0 Å². The maximum atomic E-state index is 12.4. The van der Waals surface area contributed by atoms with E-state index in [2.05, 4.69) is 0 Å². The van der Waals surface area contributed by atoms with Crippen LogP contribution in [0, 0.1) is 6.92 Å². The van der Waals surface area contributed by atoms with E-state index in [0.717, 1.165) is 21.6 Å². The van der Waals surface area contributed by atoms with Crippen molar-refractivity contribution >= 4 is 28.0 Å². The van der Waals surface area contributed by atoms with E-state index in [4.69, 9.17) is 11.6 Å². The topological polar surface area (TPSA) is 17.1 Å². The van der Waals surface area contributed by atoms with Crippen molar-refractivity contribution in [2.75, 3.05) is 0 Å². The van der Waals surface area contributed by atoms with Gasteiger partial charge in [-0.3, -0.25) is 0 Å². The Morgan fingerprint density at radius 3 is 2.16 bits per heavy atom. The zero-order valence-electron chi connectivity index (χ0n) is 10.9. The lowest BCUT2D eigenvalue weighted by Gasteiger charge is -2.06. The summed E-state index contributed by atoms with van der Waals surface area (Å²) in [4.78, 5) is 0.728. The van der Waals surface area contributed by atoms with E-state index in [0.29, 0.717) is 4.36 Å². The molecule has 1 nitrogen and oxygen atoms in total. The third-order valence-corrected chi connectivity index (χ3v) is 4.94. The van der Waals surface area contributed by atoms with Crippen LogP contribution in [-0.2, 0) is 10.8 Å². The van der Waals surface area contributed by atoms with Gasteiger partial charge in [0.1, 0.15) is 4.36 Å². The second kappa shape index (κ2) is 6.18. The molecule has 0 amide bonds. The molecule has 0 aliphatic heterocycles. The Labute approximate surface area is 121 Å². The maximum absolute atomic E-state index is 12.4. The first-order valence-electron chi connectivity index (χ1n) is 6.00. The van der Waals surface area contributed by atoms with Crippen LogP contribution in [0.15, 0.2) is 63.9 Å². The maximum Gasteiger partial charge on any atom is 0.113 e. The third kappa shape index (κ3) is 3.34. The Kier molecular flexibility index (Phi) is 4.56. The highest BCUT2D eigenvalue weighted by atomic mass is 35.5. The summed E-state index contributed by atoms with van der Waals surface area (Å²) >= 11 is 6.27. The van der Waals surface area contributed by atoms with Crippen molar-refractivity contribution in [3.05, 3.63) is 70.1 Å². The van der Waals surface area contributed by atoms with Gasteiger partial charge in [-0.15, -0.1) is 0 Å². The third-order valence-electron chi connectivity index (χ3n) is 2.90. The van der Waals surface area contributed by atoms with Crippen LogP contribution in [0.1, 0.15) is 18.1 Å². The minimum Gasteiger partial charge on any atom is -0.248 e. The lowest BCUT2D eigenvalue weighted by Crippen LogP contribution is -1.94. The van der Waals surface area contributed by atoms with Crippen LogP contribution in [0.25, 0.3) is 5.57 Å². The highest BCUT2D eigenvalue weighted by molar-refractivity contribution is 7.91. The Bertz CT molecular complexity index is 615. The molecule has 19 heavy (non-hydrogen) atoms. The molecule has 0 bridgehead atoms. The quantitative estimate of drug-likeness (QED) is 0.798. The van der Waals surface area contributed by atoms with Gasteiger partial charge in [0.25, 0.3) is 0 Å². The highest BCUT2D eigenvalue weighted by Crippen LogP contribution is 2.27. The molecule has 2 aromatic carbocycles. The second-order valence-electron chi connectivity index (χ2n) is 4.35. The molecule has 0 heterocycles. The lowest BCUT2D eigenvalue weighted by atomic mass is 10.1. The summed E-state index contributed by atoms with van der Waals surface area (Å²) in [7, 11) is -1.32. The molecule has 0 unspecified atom stereocenters. The van der Waals surface area contributed by atoms with Gasteiger partial charge in [-0.25, -0.2) is 4.21 Å². The lowest BCUT2D eigenvalue weighted by molar-refractivity contribution is 0.688. The largest absolute Gasteiger partial charge is 0.248 e. The monoisotopic (exact) mass is 290 g/mol. The minimum absolute atomic E-state index is 0.384. The van der Waals surface area contributed by atoms with Crippen LogP contribution in [0.3, 0.4) is 0 Å². The van der Waals surface area contributed by atoms with E-state index in [9.17, 15) is 4.21 Å². The molecule has 0 spiro atoms. The smallest absolute Gasteiger partial charge is 0.113 e. The summed E-state index contributed by atoms with van der Waals surface area (Å²) in [5.41, 5.74) is 2.98. The van der Waals surface area contributed by atoms with Gasteiger partial charge in [0.05, 0.1) is 10.8 Å². The summed E-state index contributed by atoms with van der Waals surface area (Å²) < 4.78 is 12.8. The molecule has 0 aliphatic carbocycles. The summed E-state index contributed by atoms with van der Waals surface area (Å²) in [5, 5.41) is 0. The minimum atomic E-state index is -1.32. The van der Waals surface area contributed by atoms with Crippen molar-refractivity contribution in [1.82, 2.24) is 0 Å². The molecule has 0 aromatic heterocycles. The first-order chi connectivity index (χ1) is 9.09. The molecule has 0 fully saturated rings. The number of allylic oxidation sites excluding steroid dienone is 1. The van der Waals surface area contributed by atoms with Gasteiger partial charge >= 0.3 is 0 Å². The van der Waals surface area contributed by atoms with E-state index >= 15 is 0 Å². The van der Waals surface area contributed by atoms with Gasteiger partial charge in [-0.05, 0) is 37.1 Å². The van der Waals surface area contributed by atoms with E-state index in [1.807, 2.05) is 68.4 Å². The molecular formula is C16H15ClOS. The predicted molar refractivity (Wildman–Crippen MR) is 82.5 cm³/mol. The van der Waals surface area contributed by atoms with Gasteiger partial charge in [0, 0.05) is 4.90 Å². The van der Waals surface area contributed by atoms with Crippen LogP contribution >= 0.6 is 11.6 Å². The van der Waals surface area contributed by atoms with Crippen LogP contribution < -0.4 is 0 Å². The number of benzene rings is 2. The number of halogens is 1. The van der Waals surface area contributed by atoms with Crippen molar-refractivity contribution in [1.29, 1.82) is 0 Å². The van der Waals surface area contributed by atoms with Crippen molar-refractivity contribution in [3.8, 4) is 0 Å². The Balaban J connectivity index is 2.35. The van der Waals surface area contributed by atoms with Crippen molar-refractivity contribution in [2.45, 2.75) is 18.7 Å². The fourth-order valence-electron chi connectivity index (χ4n) is 1.71. The first-order valence-corrected chi connectivity index (χ1v) is 7.52. The van der Waals surface area contributed by atoms with Crippen molar-refractivity contribution < 1.29 is 4.21 Å². The number of hydrogen-bond acceptors (Lipinski definition) is 1. The normalized spacial score (nSPS) is 13.8. The zero-order valence-corrected chi connectivity index (χ0v) is 12.5.